The molecule has 0 aliphatic carbocycles. The van der Waals surface area contributed by atoms with Crippen LogP contribution in [0.15, 0.2) is 53.0 Å². The first-order chi connectivity index (χ1) is 9.54. The van der Waals surface area contributed by atoms with E-state index in [2.05, 4.69) is 15.9 Å². The van der Waals surface area contributed by atoms with Crippen LogP contribution >= 0.6 is 27.5 Å². The van der Waals surface area contributed by atoms with E-state index in [4.69, 9.17) is 16.3 Å². The molecule has 20 heavy (non-hydrogen) atoms. The summed E-state index contributed by atoms with van der Waals surface area (Å²) in [7, 11) is 0. The fourth-order valence-electron chi connectivity index (χ4n) is 1.44. The number of carbonyl (C=O) groups is 1. The van der Waals surface area contributed by atoms with Crippen molar-refractivity contribution in [3.8, 4) is 5.75 Å². The van der Waals surface area contributed by atoms with Crippen LogP contribution in [0.25, 0.3) is 6.08 Å². The zero-order chi connectivity index (χ0) is 14.5. The molecule has 2 nitrogen and oxygen atoms in total. The summed E-state index contributed by atoms with van der Waals surface area (Å²) in [5.41, 5.74) is 0.794. The van der Waals surface area contributed by atoms with Crippen molar-refractivity contribution in [2.45, 2.75) is 0 Å². The maximum atomic E-state index is 13.5. The Morgan fingerprint density at radius 1 is 1.20 bits per heavy atom. The van der Waals surface area contributed by atoms with Crippen LogP contribution in [0.2, 0.25) is 5.02 Å². The van der Waals surface area contributed by atoms with Gasteiger partial charge in [0.05, 0.1) is 0 Å². The Kier molecular flexibility index (Phi) is 4.93. The predicted octanol–water partition coefficient (Wildman–Crippen LogP) is 4.86. The first-order valence-corrected chi connectivity index (χ1v) is 6.82. The smallest absolute Gasteiger partial charge is 0.336 e. The van der Waals surface area contributed by atoms with E-state index in [0.717, 1.165) is 5.56 Å². The molecule has 0 aromatic heterocycles. The molecule has 0 aliphatic heterocycles. The molecule has 2 aromatic carbocycles. The number of ether oxygens (including phenoxy) is 1. The number of carbonyl (C=O) groups excluding carboxylic acids is 1. The molecule has 102 valence electrons. The number of benzene rings is 2. The van der Waals surface area contributed by atoms with E-state index in [1.165, 1.54) is 18.2 Å². The number of hydrogen-bond acceptors (Lipinski definition) is 2. The summed E-state index contributed by atoms with van der Waals surface area (Å²) in [6, 6.07) is 11.1. The van der Waals surface area contributed by atoms with Gasteiger partial charge in [-0.2, -0.15) is 0 Å². The molecule has 0 unspecified atom stereocenters. The molecule has 0 bridgehead atoms. The number of esters is 1. The minimum atomic E-state index is -0.652. The van der Waals surface area contributed by atoms with E-state index in [-0.39, 0.29) is 5.75 Å². The van der Waals surface area contributed by atoms with Crippen LogP contribution in [-0.2, 0) is 4.79 Å². The van der Waals surface area contributed by atoms with Gasteiger partial charge in [-0.3, -0.25) is 0 Å². The van der Waals surface area contributed by atoms with Gasteiger partial charge in [0.25, 0.3) is 0 Å². The van der Waals surface area contributed by atoms with Crippen molar-refractivity contribution in [1.29, 1.82) is 0 Å². The molecule has 0 saturated heterocycles. The van der Waals surface area contributed by atoms with Crippen LogP contribution in [0.5, 0.6) is 5.75 Å². The van der Waals surface area contributed by atoms with E-state index in [1.807, 2.05) is 0 Å². The lowest BCUT2D eigenvalue weighted by Gasteiger charge is -2.02. The number of halogens is 3. The van der Waals surface area contributed by atoms with Gasteiger partial charge in [-0.1, -0.05) is 39.7 Å². The second kappa shape index (κ2) is 6.68. The van der Waals surface area contributed by atoms with E-state index in [1.54, 1.807) is 36.4 Å². The van der Waals surface area contributed by atoms with Crippen molar-refractivity contribution >= 4 is 39.6 Å². The Morgan fingerprint density at radius 3 is 2.55 bits per heavy atom. The van der Waals surface area contributed by atoms with Crippen LogP contribution in [0.4, 0.5) is 4.39 Å². The van der Waals surface area contributed by atoms with Crippen LogP contribution in [0.3, 0.4) is 0 Å². The quantitative estimate of drug-likeness (QED) is 0.446. The van der Waals surface area contributed by atoms with Gasteiger partial charge in [-0.05, 0) is 42.0 Å². The third-order valence-electron chi connectivity index (χ3n) is 2.39. The highest BCUT2D eigenvalue weighted by atomic mass is 79.9. The number of hydrogen-bond donors (Lipinski definition) is 0. The van der Waals surface area contributed by atoms with Crippen LogP contribution < -0.4 is 4.74 Å². The lowest BCUT2D eigenvalue weighted by molar-refractivity contribution is -0.129. The van der Waals surface area contributed by atoms with Gasteiger partial charge in [0.1, 0.15) is 0 Å². The maximum absolute atomic E-state index is 13.5. The molecular formula is C15H9BrClFO2. The molecule has 0 N–H and O–H groups in total. The summed E-state index contributed by atoms with van der Waals surface area (Å²) in [5.74, 6) is -1.37. The minimum absolute atomic E-state index is 0.112. The summed E-state index contributed by atoms with van der Waals surface area (Å²) in [6.07, 6.45) is 2.79. The molecule has 0 atom stereocenters. The zero-order valence-electron chi connectivity index (χ0n) is 10.1. The van der Waals surface area contributed by atoms with Gasteiger partial charge < -0.3 is 4.74 Å². The summed E-state index contributed by atoms with van der Waals surface area (Å²) in [5, 5.41) is 0.613. The normalized spacial score (nSPS) is 10.8. The highest BCUT2D eigenvalue weighted by molar-refractivity contribution is 9.10. The van der Waals surface area contributed by atoms with Crippen LogP contribution in [-0.4, -0.2) is 5.97 Å². The Hall–Kier alpha value is -1.65. The second-order valence-electron chi connectivity index (χ2n) is 3.88. The summed E-state index contributed by atoms with van der Waals surface area (Å²) < 4.78 is 18.9. The van der Waals surface area contributed by atoms with E-state index in [9.17, 15) is 9.18 Å². The lowest BCUT2D eigenvalue weighted by atomic mass is 10.2. The van der Waals surface area contributed by atoms with Gasteiger partial charge in [0.15, 0.2) is 11.6 Å². The Bertz CT molecular complexity index is 653. The van der Waals surface area contributed by atoms with Crippen LogP contribution in [0, 0.1) is 5.82 Å². The average Bonchev–Trinajstić information content (AvgIpc) is 2.41. The molecule has 5 heteroatoms. The monoisotopic (exact) mass is 354 g/mol. The van der Waals surface area contributed by atoms with E-state index in [0.29, 0.717) is 9.50 Å². The molecule has 2 aromatic rings. The molecule has 2 rings (SSSR count). The zero-order valence-corrected chi connectivity index (χ0v) is 12.5. The fourth-order valence-corrected chi connectivity index (χ4v) is 1.90. The van der Waals surface area contributed by atoms with Crippen molar-refractivity contribution in [2.24, 2.45) is 0 Å². The second-order valence-corrected chi connectivity index (χ2v) is 5.23. The highest BCUT2D eigenvalue weighted by Gasteiger charge is 2.07. The van der Waals surface area contributed by atoms with E-state index >= 15 is 0 Å². The molecule has 0 amide bonds. The average molecular weight is 356 g/mol. The molecule has 0 radical (unpaired) electrons. The topological polar surface area (TPSA) is 26.3 Å². The fraction of sp³-hybridized carbons (Fsp3) is 0. The van der Waals surface area contributed by atoms with Crippen molar-refractivity contribution in [1.82, 2.24) is 0 Å². The third-order valence-corrected chi connectivity index (χ3v) is 3.13. The molecule has 0 aliphatic rings. The van der Waals surface area contributed by atoms with Gasteiger partial charge in [0.2, 0.25) is 0 Å². The van der Waals surface area contributed by atoms with Crippen molar-refractivity contribution in [3.63, 3.8) is 0 Å². The highest BCUT2D eigenvalue weighted by Crippen LogP contribution is 2.21. The Labute approximate surface area is 129 Å². The summed E-state index contributed by atoms with van der Waals surface area (Å²) >= 11 is 8.88. The Balaban J connectivity index is 2.03. The molecule has 0 spiro atoms. The lowest BCUT2D eigenvalue weighted by Crippen LogP contribution is -2.05. The van der Waals surface area contributed by atoms with Crippen molar-refractivity contribution in [3.05, 3.63) is 69.4 Å². The number of rotatable bonds is 3. The van der Waals surface area contributed by atoms with Crippen molar-refractivity contribution < 1.29 is 13.9 Å². The molecule has 0 fully saturated rings. The first-order valence-electron chi connectivity index (χ1n) is 5.65. The molecular weight excluding hydrogens is 347 g/mol. The standard InChI is InChI=1S/C15H9BrClFO2/c16-11-4-7-14(13(18)9-11)20-15(19)8-3-10-1-5-12(17)6-2-10/h1-9H/b8-3+. The summed E-state index contributed by atoms with van der Waals surface area (Å²) in [4.78, 5) is 11.6. The van der Waals surface area contributed by atoms with Crippen molar-refractivity contribution in [2.75, 3.05) is 0 Å². The Morgan fingerprint density at radius 2 is 1.90 bits per heavy atom. The molecule has 0 heterocycles. The maximum Gasteiger partial charge on any atom is 0.336 e. The summed E-state index contributed by atoms with van der Waals surface area (Å²) in [6.45, 7) is 0. The SMILES string of the molecule is O=C(/C=C/c1ccc(Cl)cc1)Oc1ccc(Br)cc1F. The minimum Gasteiger partial charge on any atom is -0.420 e. The van der Waals surface area contributed by atoms with Crippen LogP contribution in [0.1, 0.15) is 5.56 Å². The van der Waals surface area contributed by atoms with Gasteiger partial charge in [-0.25, -0.2) is 9.18 Å². The van der Waals surface area contributed by atoms with Gasteiger partial charge in [-0.15, -0.1) is 0 Å². The van der Waals surface area contributed by atoms with Gasteiger partial charge in [0, 0.05) is 15.6 Å². The third kappa shape index (κ3) is 4.18. The first kappa shape index (κ1) is 14.8. The molecule has 0 saturated carbocycles. The van der Waals surface area contributed by atoms with E-state index < -0.39 is 11.8 Å². The predicted molar refractivity (Wildman–Crippen MR) is 80.2 cm³/mol. The van der Waals surface area contributed by atoms with Gasteiger partial charge >= 0.3 is 5.97 Å². The largest absolute Gasteiger partial charge is 0.420 e.